The van der Waals surface area contributed by atoms with Crippen LogP contribution in [0.3, 0.4) is 0 Å². The Labute approximate surface area is 117 Å². The lowest BCUT2D eigenvalue weighted by Crippen LogP contribution is -2.40. The van der Waals surface area contributed by atoms with Gasteiger partial charge in [-0.3, -0.25) is 14.5 Å². The maximum absolute atomic E-state index is 11.3. The number of carbonyl (C=O) groups excluding carboxylic acids is 2. The zero-order valence-corrected chi connectivity index (χ0v) is 11.3. The number of piperidine rings is 1. The summed E-state index contributed by atoms with van der Waals surface area (Å²) in [5.41, 5.74) is 0.900. The fraction of sp³-hybridized carbons (Fsp3) is 0.429. The van der Waals surface area contributed by atoms with Crippen LogP contribution >= 0.6 is 11.6 Å². The molecule has 1 aliphatic rings. The van der Waals surface area contributed by atoms with E-state index in [9.17, 15) is 9.59 Å². The van der Waals surface area contributed by atoms with Crippen molar-refractivity contribution >= 4 is 23.3 Å². The molecular formula is C14H16ClNO3. The number of halogens is 1. The first-order chi connectivity index (χ1) is 9.22. The average molecular weight is 282 g/mol. The second-order valence-electron chi connectivity index (χ2n) is 4.63. The van der Waals surface area contributed by atoms with Gasteiger partial charge in [-0.05, 0) is 24.4 Å². The number of rotatable bonds is 5. The van der Waals surface area contributed by atoms with Gasteiger partial charge < -0.3 is 4.74 Å². The summed E-state index contributed by atoms with van der Waals surface area (Å²) in [6.07, 6.45) is 1.22. The van der Waals surface area contributed by atoms with Crippen molar-refractivity contribution in [2.45, 2.75) is 19.1 Å². The Morgan fingerprint density at radius 1 is 1.42 bits per heavy atom. The molecule has 0 aromatic heterocycles. The highest BCUT2D eigenvalue weighted by Gasteiger charge is 2.30. The normalized spacial score (nSPS) is 21.6. The van der Waals surface area contributed by atoms with Crippen LogP contribution < -0.4 is 0 Å². The van der Waals surface area contributed by atoms with E-state index in [1.807, 2.05) is 35.2 Å². The van der Waals surface area contributed by atoms with Gasteiger partial charge in [0.2, 0.25) is 5.24 Å². The molecule has 2 unspecified atom stereocenters. The van der Waals surface area contributed by atoms with Gasteiger partial charge in [0.15, 0.2) is 6.23 Å². The third kappa shape index (κ3) is 3.55. The molecule has 2 atom stereocenters. The van der Waals surface area contributed by atoms with Crippen LogP contribution in [0.25, 0.3) is 0 Å². The van der Waals surface area contributed by atoms with Gasteiger partial charge in [0, 0.05) is 24.6 Å². The van der Waals surface area contributed by atoms with Crippen molar-refractivity contribution in [2.24, 2.45) is 5.92 Å². The molecule has 5 heteroatoms. The molecule has 0 bridgehead atoms. The van der Waals surface area contributed by atoms with E-state index in [4.69, 9.17) is 16.3 Å². The molecule has 1 heterocycles. The topological polar surface area (TPSA) is 46.6 Å². The number of ether oxygens (including phenoxy) is 1. The van der Waals surface area contributed by atoms with E-state index in [0.717, 1.165) is 24.9 Å². The quantitative estimate of drug-likeness (QED) is 0.614. The maximum atomic E-state index is 11.3. The Morgan fingerprint density at radius 2 is 2.16 bits per heavy atom. The summed E-state index contributed by atoms with van der Waals surface area (Å²) >= 11 is 5.57. The molecule has 0 radical (unpaired) electrons. The molecule has 1 aromatic rings. The second-order valence-corrected chi connectivity index (χ2v) is 5.01. The SMILES string of the molecule is O=COC(c1ccccc1)N1CCCC(C(=O)Cl)C1. The summed E-state index contributed by atoms with van der Waals surface area (Å²) in [4.78, 5) is 24.0. The molecule has 1 fully saturated rings. The average Bonchev–Trinajstić information content (AvgIpc) is 2.46. The van der Waals surface area contributed by atoms with Gasteiger partial charge in [-0.1, -0.05) is 30.3 Å². The number of hydrogen-bond donors (Lipinski definition) is 0. The standard InChI is InChI=1S/C14H16ClNO3/c15-13(18)12-7-4-8-16(9-12)14(19-10-17)11-5-2-1-3-6-11/h1-3,5-6,10,12,14H,4,7-9H2. The zero-order chi connectivity index (χ0) is 13.7. The molecule has 102 valence electrons. The van der Waals surface area contributed by atoms with Crippen LogP contribution in [0.5, 0.6) is 0 Å². The fourth-order valence-electron chi connectivity index (χ4n) is 2.45. The van der Waals surface area contributed by atoms with Crippen LogP contribution in [-0.2, 0) is 14.3 Å². The third-order valence-electron chi connectivity index (χ3n) is 3.37. The van der Waals surface area contributed by atoms with Gasteiger partial charge in [0.05, 0.1) is 0 Å². The molecule has 1 saturated heterocycles. The van der Waals surface area contributed by atoms with Gasteiger partial charge in [-0.25, -0.2) is 0 Å². The van der Waals surface area contributed by atoms with E-state index in [2.05, 4.69) is 0 Å². The monoisotopic (exact) mass is 281 g/mol. The van der Waals surface area contributed by atoms with Gasteiger partial charge in [0.1, 0.15) is 0 Å². The first kappa shape index (κ1) is 14.0. The molecule has 19 heavy (non-hydrogen) atoms. The smallest absolute Gasteiger partial charge is 0.294 e. The molecule has 0 N–H and O–H groups in total. The highest BCUT2D eigenvalue weighted by atomic mass is 35.5. The van der Waals surface area contributed by atoms with Crippen molar-refractivity contribution in [1.29, 1.82) is 0 Å². The van der Waals surface area contributed by atoms with E-state index in [0.29, 0.717) is 13.0 Å². The lowest BCUT2D eigenvalue weighted by Gasteiger charge is -2.35. The van der Waals surface area contributed by atoms with Crippen LogP contribution in [0.2, 0.25) is 0 Å². The first-order valence-electron chi connectivity index (χ1n) is 6.30. The molecule has 2 rings (SSSR count). The lowest BCUT2D eigenvalue weighted by atomic mass is 9.98. The first-order valence-corrected chi connectivity index (χ1v) is 6.67. The summed E-state index contributed by atoms with van der Waals surface area (Å²) < 4.78 is 5.19. The number of carbonyl (C=O) groups is 2. The predicted octanol–water partition coefficient (Wildman–Crippen LogP) is 2.34. The minimum atomic E-state index is -0.447. The van der Waals surface area contributed by atoms with E-state index >= 15 is 0 Å². The third-order valence-corrected chi connectivity index (χ3v) is 3.68. The molecule has 0 spiro atoms. The zero-order valence-electron chi connectivity index (χ0n) is 10.5. The van der Waals surface area contributed by atoms with Crippen LogP contribution in [0, 0.1) is 5.92 Å². The lowest BCUT2D eigenvalue weighted by molar-refractivity contribution is -0.147. The number of hydrogen-bond acceptors (Lipinski definition) is 4. The molecule has 0 aliphatic carbocycles. The maximum Gasteiger partial charge on any atom is 0.294 e. The van der Waals surface area contributed by atoms with E-state index in [1.54, 1.807) is 0 Å². The fourth-order valence-corrected chi connectivity index (χ4v) is 2.63. The highest BCUT2D eigenvalue weighted by Crippen LogP contribution is 2.28. The molecule has 1 aromatic carbocycles. The number of benzene rings is 1. The van der Waals surface area contributed by atoms with Gasteiger partial charge >= 0.3 is 0 Å². The summed E-state index contributed by atoms with van der Waals surface area (Å²) in [6.45, 7) is 1.76. The Hall–Kier alpha value is -1.39. The molecule has 1 aliphatic heterocycles. The van der Waals surface area contributed by atoms with E-state index in [1.165, 1.54) is 0 Å². The second kappa shape index (κ2) is 6.68. The summed E-state index contributed by atoms with van der Waals surface area (Å²) in [5, 5.41) is -0.317. The van der Waals surface area contributed by atoms with Crippen molar-refractivity contribution in [1.82, 2.24) is 4.90 Å². The molecule has 0 amide bonds. The van der Waals surface area contributed by atoms with Crippen LogP contribution in [0.1, 0.15) is 24.6 Å². The van der Waals surface area contributed by atoms with Crippen LogP contribution in [0.15, 0.2) is 30.3 Å². The minimum Gasteiger partial charge on any atom is -0.444 e. The van der Waals surface area contributed by atoms with Gasteiger partial charge in [-0.15, -0.1) is 0 Å². The number of likely N-dealkylation sites (tertiary alicyclic amines) is 1. The molecule has 4 nitrogen and oxygen atoms in total. The van der Waals surface area contributed by atoms with Crippen molar-refractivity contribution in [3.63, 3.8) is 0 Å². The summed E-state index contributed by atoms with van der Waals surface area (Å²) in [7, 11) is 0. The minimum absolute atomic E-state index is 0.183. The summed E-state index contributed by atoms with van der Waals surface area (Å²) in [5.74, 6) is -0.183. The van der Waals surface area contributed by atoms with Crippen LogP contribution in [-0.4, -0.2) is 29.7 Å². The van der Waals surface area contributed by atoms with Crippen molar-refractivity contribution in [3.8, 4) is 0 Å². The molecular weight excluding hydrogens is 266 g/mol. The van der Waals surface area contributed by atoms with Crippen LogP contribution in [0.4, 0.5) is 0 Å². The Balaban J connectivity index is 2.15. The Morgan fingerprint density at radius 3 is 2.79 bits per heavy atom. The number of nitrogens with zero attached hydrogens (tertiary/aromatic N) is 1. The van der Waals surface area contributed by atoms with Crippen molar-refractivity contribution in [2.75, 3.05) is 13.1 Å². The van der Waals surface area contributed by atoms with Crippen molar-refractivity contribution in [3.05, 3.63) is 35.9 Å². The largest absolute Gasteiger partial charge is 0.444 e. The highest BCUT2D eigenvalue weighted by molar-refractivity contribution is 6.64. The Bertz CT molecular complexity index is 438. The van der Waals surface area contributed by atoms with E-state index in [-0.39, 0.29) is 11.2 Å². The van der Waals surface area contributed by atoms with E-state index < -0.39 is 6.23 Å². The summed E-state index contributed by atoms with van der Waals surface area (Å²) in [6, 6.07) is 9.50. The van der Waals surface area contributed by atoms with Gasteiger partial charge in [0.25, 0.3) is 6.47 Å². The van der Waals surface area contributed by atoms with Crippen molar-refractivity contribution < 1.29 is 14.3 Å². The predicted molar refractivity (Wildman–Crippen MR) is 71.5 cm³/mol. The van der Waals surface area contributed by atoms with Gasteiger partial charge in [-0.2, -0.15) is 0 Å². The molecule has 0 saturated carbocycles. The Kier molecular flexibility index (Phi) is 4.93.